The molecule has 1 atom stereocenters. The highest BCUT2D eigenvalue weighted by molar-refractivity contribution is 8.00. The Morgan fingerprint density at radius 3 is 2.62 bits per heavy atom. The van der Waals surface area contributed by atoms with Gasteiger partial charge in [0, 0.05) is 48.1 Å². The summed E-state index contributed by atoms with van der Waals surface area (Å²) in [4.78, 5) is 40.2. The first-order valence-electron chi connectivity index (χ1n) is 11.8. The lowest BCUT2D eigenvalue weighted by Crippen LogP contribution is -2.44. The lowest BCUT2D eigenvalue weighted by molar-refractivity contribution is -0.113. The fraction of sp³-hybridized carbons (Fsp3) is 0.400. The largest absolute Gasteiger partial charge is 0.324 e. The van der Waals surface area contributed by atoms with Crippen LogP contribution in [0.3, 0.4) is 0 Å². The molecule has 3 aliphatic rings. The first-order valence-corrected chi connectivity index (χ1v) is 12.8. The number of amides is 1. The number of thioether (sulfide) groups is 1. The summed E-state index contributed by atoms with van der Waals surface area (Å²) in [6.07, 6.45) is 2.08. The average Bonchev–Trinajstić information content (AvgIpc) is 3.23. The number of pyridine rings is 2. The molecule has 8 nitrogen and oxygen atoms in total. The zero-order chi connectivity index (χ0) is 23.2. The fourth-order valence-corrected chi connectivity index (χ4v) is 6.20. The summed E-state index contributed by atoms with van der Waals surface area (Å²) < 4.78 is 3.56. The Bertz CT molecular complexity index is 1380. The first kappa shape index (κ1) is 21.6. The van der Waals surface area contributed by atoms with Crippen molar-refractivity contribution < 1.29 is 4.79 Å². The molecule has 3 aromatic rings. The molecule has 2 aromatic heterocycles. The van der Waals surface area contributed by atoms with E-state index in [0.29, 0.717) is 18.3 Å². The van der Waals surface area contributed by atoms with Gasteiger partial charge in [-0.25, -0.2) is 0 Å². The zero-order valence-electron chi connectivity index (χ0n) is 18.8. The maximum Gasteiger partial charge on any atom is 0.252 e. The quantitative estimate of drug-likeness (QED) is 0.585. The van der Waals surface area contributed by atoms with E-state index < -0.39 is 0 Å². The Morgan fingerprint density at radius 1 is 1.00 bits per heavy atom. The first-order chi connectivity index (χ1) is 16.5. The van der Waals surface area contributed by atoms with Gasteiger partial charge in [-0.2, -0.15) is 0 Å². The third kappa shape index (κ3) is 3.97. The van der Waals surface area contributed by atoms with Crippen molar-refractivity contribution in [2.75, 3.05) is 30.7 Å². The van der Waals surface area contributed by atoms with Crippen LogP contribution >= 0.6 is 11.8 Å². The molecule has 6 rings (SSSR count). The normalized spacial score (nSPS) is 20.5. The number of nitrogens with zero attached hydrogens (tertiary/aromatic N) is 3. The molecule has 0 aliphatic carbocycles. The van der Waals surface area contributed by atoms with Gasteiger partial charge in [-0.1, -0.05) is 6.07 Å². The van der Waals surface area contributed by atoms with Gasteiger partial charge < -0.3 is 15.5 Å². The minimum Gasteiger partial charge on any atom is -0.324 e. The van der Waals surface area contributed by atoms with Gasteiger partial charge in [-0.05, 0) is 55.8 Å². The second kappa shape index (κ2) is 8.72. The molecule has 5 heterocycles. The fourth-order valence-electron chi connectivity index (χ4n) is 5.41. The van der Waals surface area contributed by atoms with Crippen LogP contribution in [0.25, 0.3) is 11.0 Å². The second-order valence-electron chi connectivity index (χ2n) is 9.38. The number of rotatable bonds is 5. The number of aromatic nitrogens is 2. The summed E-state index contributed by atoms with van der Waals surface area (Å²) in [6.45, 7) is 4.02. The van der Waals surface area contributed by atoms with Gasteiger partial charge in [0.1, 0.15) is 5.65 Å². The molecule has 0 bridgehead atoms. The number of benzene rings is 1. The highest BCUT2D eigenvalue weighted by Gasteiger charge is 2.29. The zero-order valence-corrected chi connectivity index (χ0v) is 19.6. The topological polar surface area (TPSA) is 88.4 Å². The molecular formula is C25H27N5O3S. The third-order valence-electron chi connectivity index (χ3n) is 7.14. The Labute approximate surface area is 200 Å². The number of nitrogens with one attached hydrogen (secondary N) is 2. The minimum atomic E-state index is -0.0439. The van der Waals surface area contributed by atoms with E-state index in [1.807, 2.05) is 4.57 Å². The lowest BCUT2D eigenvalue weighted by Gasteiger charge is -2.34. The van der Waals surface area contributed by atoms with Crippen molar-refractivity contribution in [1.82, 2.24) is 19.4 Å². The Morgan fingerprint density at radius 2 is 1.79 bits per heavy atom. The van der Waals surface area contributed by atoms with E-state index in [0.717, 1.165) is 60.6 Å². The molecular weight excluding hydrogens is 450 g/mol. The Kier molecular flexibility index (Phi) is 5.55. The van der Waals surface area contributed by atoms with Crippen LogP contribution in [0.4, 0.5) is 5.69 Å². The van der Waals surface area contributed by atoms with Crippen LogP contribution in [0.15, 0.2) is 56.9 Å². The van der Waals surface area contributed by atoms with Gasteiger partial charge in [-0.15, -0.1) is 11.8 Å². The SMILES string of the molecule is O=C1CSc2ccc(CNC3CCN(CC4Cn5c(=O)ccc6ccc(=O)n4c65)CC3)cc2N1. The summed E-state index contributed by atoms with van der Waals surface area (Å²) in [5, 5.41) is 7.57. The molecule has 0 saturated carbocycles. The van der Waals surface area contributed by atoms with Crippen molar-refractivity contribution >= 4 is 34.4 Å². The van der Waals surface area contributed by atoms with E-state index in [1.54, 1.807) is 40.6 Å². The number of piperidine rings is 1. The Hall–Kier alpha value is -2.88. The number of carbonyl (C=O) groups excluding carboxylic acids is 1. The number of likely N-dealkylation sites (tertiary alicyclic amines) is 1. The van der Waals surface area contributed by atoms with Crippen molar-refractivity contribution in [3.05, 3.63) is 68.7 Å². The van der Waals surface area contributed by atoms with E-state index in [2.05, 4.69) is 33.7 Å². The Balaban J connectivity index is 1.06. The maximum absolute atomic E-state index is 12.6. The number of carbonyl (C=O) groups is 1. The maximum atomic E-state index is 12.6. The van der Waals surface area contributed by atoms with Gasteiger partial charge in [0.25, 0.3) is 11.1 Å². The molecule has 2 N–H and O–H groups in total. The molecule has 0 radical (unpaired) electrons. The van der Waals surface area contributed by atoms with Gasteiger partial charge >= 0.3 is 0 Å². The standard InChI is InChI=1S/C25H27N5O3S/c31-22-15-34-21-4-1-16(11-20(21)27-22)12-26-18-7-9-28(10-8-18)13-19-14-29-23(32)5-2-17-3-6-24(33)30(19)25(17)29/h1-6,11,18-19,26H,7-10,12-15H2,(H,27,31). The molecule has 1 fully saturated rings. The van der Waals surface area contributed by atoms with Gasteiger partial charge in [0.05, 0.1) is 17.5 Å². The van der Waals surface area contributed by atoms with Crippen molar-refractivity contribution in [3.8, 4) is 0 Å². The van der Waals surface area contributed by atoms with Crippen LogP contribution in [0.5, 0.6) is 0 Å². The van der Waals surface area contributed by atoms with Gasteiger partial charge in [-0.3, -0.25) is 23.5 Å². The van der Waals surface area contributed by atoms with E-state index >= 15 is 0 Å². The molecule has 176 valence electrons. The molecule has 1 amide bonds. The van der Waals surface area contributed by atoms with Crippen molar-refractivity contribution in [2.45, 2.75) is 42.9 Å². The van der Waals surface area contributed by atoms with Crippen LogP contribution in [0.2, 0.25) is 0 Å². The second-order valence-corrected chi connectivity index (χ2v) is 10.4. The predicted molar refractivity (Wildman–Crippen MR) is 134 cm³/mol. The van der Waals surface area contributed by atoms with Crippen LogP contribution in [0, 0.1) is 0 Å². The van der Waals surface area contributed by atoms with Crippen molar-refractivity contribution in [2.24, 2.45) is 0 Å². The lowest BCUT2D eigenvalue weighted by atomic mass is 10.0. The summed E-state index contributed by atoms with van der Waals surface area (Å²) in [5.41, 5.74) is 2.76. The number of hydrogen-bond donors (Lipinski definition) is 2. The number of fused-ring (bicyclic) bond motifs is 1. The highest BCUT2D eigenvalue weighted by Crippen LogP contribution is 2.32. The molecule has 0 spiro atoms. The van der Waals surface area contributed by atoms with Crippen molar-refractivity contribution in [1.29, 1.82) is 0 Å². The molecule has 1 aromatic carbocycles. The van der Waals surface area contributed by atoms with E-state index in [-0.39, 0.29) is 23.1 Å². The summed E-state index contributed by atoms with van der Waals surface area (Å²) in [6, 6.07) is 13.5. The summed E-state index contributed by atoms with van der Waals surface area (Å²) in [5.74, 6) is 0.542. The van der Waals surface area contributed by atoms with Gasteiger partial charge in [0.2, 0.25) is 5.91 Å². The summed E-state index contributed by atoms with van der Waals surface area (Å²) in [7, 11) is 0. The highest BCUT2D eigenvalue weighted by atomic mass is 32.2. The number of anilines is 1. The predicted octanol–water partition coefficient (Wildman–Crippen LogP) is 2.02. The van der Waals surface area contributed by atoms with Crippen LogP contribution in [-0.4, -0.2) is 51.4 Å². The van der Waals surface area contributed by atoms with Gasteiger partial charge in [0.15, 0.2) is 0 Å². The smallest absolute Gasteiger partial charge is 0.252 e. The van der Waals surface area contributed by atoms with E-state index in [1.165, 1.54) is 5.56 Å². The van der Waals surface area contributed by atoms with Crippen LogP contribution < -0.4 is 21.8 Å². The monoisotopic (exact) mass is 477 g/mol. The van der Waals surface area contributed by atoms with E-state index in [9.17, 15) is 14.4 Å². The summed E-state index contributed by atoms with van der Waals surface area (Å²) >= 11 is 1.58. The minimum absolute atomic E-state index is 0.0145. The average molecular weight is 478 g/mol. The van der Waals surface area contributed by atoms with Crippen molar-refractivity contribution in [3.63, 3.8) is 0 Å². The number of hydrogen-bond acceptors (Lipinski definition) is 6. The van der Waals surface area contributed by atoms with E-state index in [4.69, 9.17) is 0 Å². The van der Waals surface area contributed by atoms with Crippen LogP contribution in [0.1, 0.15) is 24.4 Å². The molecule has 3 aliphatic heterocycles. The molecule has 9 heteroatoms. The third-order valence-corrected chi connectivity index (χ3v) is 8.22. The van der Waals surface area contributed by atoms with Crippen LogP contribution in [-0.2, 0) is 17.9 Å². The molecule has 1 saturated heterocycles. The molecule has 1 unspecified atom stereocenters. The molecule has 34 heavy (non-hydrogen) atoms.